The van der Waals surface area contributed by atoms with Crippen LogP contribution in [0, 0.1) is 11.3 Å². The molecule has 0 aliphatic heterocycles. The van der Waals surface area contributed by atoms with Crippen molar-refractivity contribution in [2.45, 2.75) is 25.8 Å². The lowest BCUT2D eigenvalue weighted by Crippen LogP contribution is -2.22. The molecule has 0 fully saturated rings. The third-order valence-corrected chi connectivity index (χ3v) is 4.43. The van der Waals surface area contributed by atoms with E-state index in [1.807, 2.05) is 12.1 Å². The molecule has 0 saturated heterocycles. The van der Waals surface area contributed by atoms with Gasteiger partial charge in [0.1, 0.15) is 12.2 Å². The number of rotatable bonds is 9. The largest absolute Gasteiger partial charge is 0.492 e. The van der Waals surface area contributed by atoms with E-state index >= 15 is 0 Å². The van der Waals surface area contributed by atoms with Crippen LogP contribution in [-0.4, -0.2) is 18.4 Å². The van der Waals surface area contributed by atoms with Crippen LogP contribution in [0.25, 0.3) is 0 Å². The van der Waals surface area contributed by atoms with Crippen molar-refractivity contribution < 1.29 is 14.3 Å². The van der Waals surface area contributed by atoms with E-state index in [0.29, 0.717) is 42.5 Å². The third-order valence-electron chi connectivity index (χ3n) is 3.64. The Morgan fingerprint density at radius 1 is 1.18 bits per heavy atom. The summed E-state index contributed by atoms with van der Waals surface area (Å²) >= 11 is 9.41. The normalized spacial score (nSPS) is 10.0. The van der Waals surface area contributed by atoms with Gasteiger partial charge in [-0.3, -0.25) is 9.59 Å². The van der Waals surface area contributed by atoms with Crippen LogP contribution in [-0.2, 0) is 16.1 Å². The van der Waals surface area contributed by atoms with E-state index in [9.17, 15) is 9.59 Å². The van der Waals surface area contributed by atoms with Crippen molar-refractivity contribution in [1.82, 2.24) is 5.32 Å². The van der Waals surface area contributed by atoms with Crippen molar-refractivity contribution in [3.8, 4) is 11.8 Å². The topological polar surface area (TPSA) is 91.2 Å². The Morgan fingerprint density at radius 3 is 2.75 bits per heavy atom. The number of nitrogens with zero attached hydrogens (tertiary/aromatic N) is 1. The second kappa shape index (κ2) is 11.3. The molecule has 0 bridgehead atoms. The average molecular weight is 465 g/mol. The van der Waals surface area contributed by atoms with Gasteiger partial charge >= 0.3 is 0 Å². The van der Waals surface area contributed by atoms with Crippen molar-refractivity contribution in [1.29, 1.82) is 5.26 Å². The Kier molecular flexibility index (Phi) is 8.79. The van der Waals surface area contributed by atoms with E-state index in [0.717, 1.165) is 10.0 Å². The summed E-state index contributed by atoms with van der Waals surface area (Å²) in [4.78, 5) is 23.4. The highest BCUT2D eigenvalue weighted by atomic mass is 79.9. The molecule has 2 aromatic carbocycles. The SMILES string of the molecule is N#CCC(=O)NCc1cccc(NC(=O)CCCOc2ccc(Br)cc2Cl)c1. The van der Waals surface area contributed by atoms with E-state index in [1.54, 1.807) is 36.4 Å². The van der Waals surface area contributed by atoms with Crippen molar-refractivity contribution in [3.63, 3.8) is 0 Å². The highest BCUT2D eigenvalue weighted by Crippen LogP contribution is 2.27. The maximum absolute atomic E-state index is 12.1. The van der Waals surface area contributed by atoms with Gasteiger partial charge in [0.05, 0.1) is 17.7 Å². The summed E-state index contributed by atoms with van der Waals surface area (Å²) in [6, 6.07) is 14.3. The second-order valence-electron chi connectivity index (χ2n) is 5.89. The van der Waals surface area contributed by atoms with Crippen molar-refractivity contribution in [2.75, 3.05) is 11.9 Å². The number of hydrogen-bond acceptors (Lipinski definition) is 4. The van der Waals surface area contributed by atoms with Gasteiger partial charge < -0.3 is 15.4 Å². The molecule has 0 radical (unpaired) electrons. The molecule has 0 aliphatic rings. The van der Waals surface area contributed by atoms with Crippen LogP contribution >= 0.6 is 27.5 Å². The highest BCUT2D eigenvalue weighted by Gasteiger charge is 2.06. The Morgan fingerprint density at radius 2 is 2.00 bits per heavy atom. The van der Waals surface area contributed by atoms with E-state index < -0.39 is 0 Å². The molecule has 8 heteroatoms. The summed E-state index contributed by atoms with van der Waals surface area (Å²) in [6.45, 7) is 0.672. The Bertz CT molecular complexity index is 883. The van der Waals surface area contributed by atoms with E-state index in [4.69, 9.17) is 21.6 Å². The fourth-order valence-corrected chi connectivity index (χ4v) is 3.05. The van der Waals surface area contributed by atoms with Gasteiger partial charge in [0, 0.05) is 23.1 Å². The molecule has 28 heavy (non-hydrogen) atoms. The number of carbonyl (C=O) groups is 2. The number of nitrogens with one attached hydrogen (secondary N) is 2. The minimum absolute atomic E-state index is 0.129. The van der Waals surface area contributed by atoms with Gasteiger partial charge in [-0.1, -0.05) is 39.7 Å². The van der Waals surface area contributed by atoms with Crippen LogP contribution in [0.3, 0.4) is 0 Å². The highest BCUT2D eigenvalue weighted by molar-refractivity contribution is 9.10. The van der Waals surface area contributed by atoms with Crippen LogP contribution in [0.5, 0.6) is 5.75 Å². The molecule has 0 aliphatic carbocycles. The fourth-order valence-electron chi connectivity index (χ4n) is 2.32. The van der Waals surface area contributed by atoms with Crippen molar-refractivity contribution in [3.05, 3.63) is 57.5 Å². The molecule has 2 amide bonds. The predicted octanol–water partition coefficient (Wildman–Crippen LogP) is 4.43. The number of ether oxygens (including phenoxy) is 1. The lowest BCUT2D eigenvalue weighted by molar-refractivity contribution is -0.120. The molecule has 0 unspecified atom stereocenters. The smallest absolute Gasteiger partial charge is 0.234 e. The van der Waals surface area contributed by atoms with Gasteiger partial charge in [-0.25, -0.2) is 0 Å². The van der Waals surface area contributed by atoms with Crippen LogP contribution in [0.4, 0.5) is 5.69 Å². The maximum Gasteiger partial charge on any atom is 0.234 e. The molecule has 2 aromatic rings. The molecule has 2 rings (SSSR count). The second-order valence-corrected chi connectivity index (χ2v) is 7.21. The predicted molar refractivity (Wildman–Crippen MR) is 111 cm³/mol. The lowest BCUT2D eigenvalue weighted by Gasteiger charge is -2.10. The molecule has 0 saturated carbocycles. The molecule has 2 N–H and O–H groups in total. The zero-order valence-electron chi connectivity index (χ0n) is 15.0. The van der Waals surface area contributed by atoms with Crippen LogP contribution in [0.15, 0.2) is 46.9 Å². The number of hydrogen-bond donors (Lipinski definition) is 2. The summed E-state index contributed by atoms with van der Waals surface area (Å²) in [7, 11) is 0. The summed E-state index contributed by atoms with van der Waals surface area (Å²) < 4.78 is 6.46. The number of benzene rings is 2. The van der Waals surface area contributed by atoms with Crippen molar-refractivity contribution in [2.24, 2.45) is 0 Å². The number of anilines is 1. The standard InChI is InChI=1S/C20H19BrClN3O3/c21-15-6-7-18(17(22)12-15)28-10-2-5-20(27)25-16-4-1-3-14(11-16)13-24-19(26)8-9-23/h1,3-4,6-7,11-12H,2,5,8,10,13H2,(H,24,26)(H,25,27). The van der Waals surface area contributed by atoms with Gasteiger partial charge in [-0.15, -0.1) is 0 Å². The minimum atomic E-state index is -0.331. The van der Waals surface area contributed by atoms with Crippen LogP contribution < -0.4 is 15.4 Å². The lowest BCUT2D eigenvalue weighted by atomic mass is 10.2. The molecule has 0 spiro atoms. The zero-order chi connectivity index (χ0) is 20.4. The molecule has 0 heterocycles. The van der Waals surface area contributed by atoms with E-state index in [-0.39, 0.29) is 18.2 Å². The fraction of sp³-hybridized carbons (Fsp3) is 0.250. The first-order valence-corrected chi connectivity index (χ1v) is 9.75. The summed E-state index contributed by atoms with van der Waals surface area (Å²) in [5.74, 6) is 0.121. The van der Waals surface area contributed by atoms with Gasteiger partial charge in [0.25, 0.3) is 0 Å². The molecular weight excluding hydrogens is 446 g/mol. The van der Waals surface area contributed by atoms with Gasteiger partial charge in [0.15, 0.2) is 0 Å². The molecule has 6 nitrogen and oxygen atoms in total. The molecule has 146 valence electrons. The quantitative estimate of drug-likeness (QED) is 0.537. The number of halogens is 2. The minimum Gasteiger partial charge on any atom is -0.492 e. The Hall–Kier alpha value is -2.56. The maximum atomic E-state index is 12.1. The number of carbonyl (C=O) groups excluding carboxylic acids is 2. The van der Waals surface area contributed by atoms with Crippen molar-refractivity contribution >= 4 is 45.0 Å². The molecular formula is C20H19BrClN3O3. The zero-order valence-corrected chi connectivity index (χ0v) is 17.3. The average Bonchev–Trinajstić information content (AvgIpc) is 2.65. The summed E-state index contributed by atoms with van der Waals surface area (Å²) in [5, 5.41) is 14.5. The first-order valence-electron chi connectivity index (χ1n) is 8.58. The van der Waals surface area contributed by atoms with Gasteiger partial charge in [-0.2, -0.15) is 5.26 Å². The van der Waals surface area contributed by atoms with E-state index in [1.165, 1.54) is 0 Å². The monoisotopic (exact) mass is 463 g/mol. The van der Waals surface area contributed by atoms with Gasteiger partial charge in [0.2, 0.25) is 11.8 Å². The molecule has 0 aromatic heterocycles. The first-order chi connectivity index (χ1) is 13.5. The van der Waals surface area contributed by atoms with Crippen LogP contribution in [0.2, 0.25) is 5.02 Å². The van der Waals surface area contributed by atoms with E-state index in [2.05, 4.69) is 26.6 Å². The molecule has 0 atom stereocenters. The number of nitriles is 1. The number of amides is 2. The first kappa shape index (κ1) is 21.7. The van der Waals surface area contributed by atoms with Crippen LogP contribution in [0.1, 0.15) is 24.8 Å². The summed E-state index contributed by atoms with van der Waals surface area (Å²) in [6.07, 6.45) is 0.670. The van der Waals surface area contributed by atoms with Gasteiger partial charge in [-0.05, 0) is 42.3 Å². The Balaban J connectivity index is 1.74. The third kappa shape index (κ3) is 7.59. The Labute approximate surface area is 177 Å². The summed E-state index contributed by atoms with van der Waals surface area (Å²) in [5.41, 5.74) is 1.48.